The summed E-state index contributed by atoms with van der Waals surface area (Å²) in [6.45, 7) is 2.03. The molecule has 0 aliphatic carbocycles. The number of para-hydroxylation sites is 1. The van der Waals surface area contributed by atoms with Gasteiger partial charge in [0.1, 0.15) is 11.3 Å². The number of alkyl halides is 1. The van der Waals surface area contributed by atoms with Gasteiger partial charge in [-0.25, -0.2) is 9.97 Å². The van der Waals surface area contributed by atoms with Crippen LogP contribution in [0.4, 0.5) is 0 Å². The molecule has 0 atom stereocenters. The highest BCUT2D eigenvalue weighted by molar-refractivity contribution is 9.10. The lowest BCUT2D eigenvalue weighted by Crippen LogP contribution is -2.01. The lowest BCUT2D eigenvalue weighted by atomic mass is 10.2. The second-order valence-electron chi connectivity index (χ2n) is 4.25. The summed E-state index contributed by atoms with van der Waals surface area (Å²) in [7, 11) is 0. The maximum Gasteiger partial charge on any atom is 0.165 e. The van der Waals surface area contributed by atoms with Crippen molar-refractivity contribution >= 4 is 38.7 Å². The van der Waals surface area contributed by atoms with Crippen LogP contribution in [0.15, 0.2) is 41.0 Å². The van der Waals surface area contributed by atoms with Crippen molar-refractivity contribution in [3.05, 3.63) is 52.4 Å². The van der Waals surface area contributed by atoms with Gasteiger partial charge in [-0.1, -0.05) is 12.1 Å². The number of hydrogen-bond donors (Lipinski definition) is 0. The van der Waals surface area contributed by atoms with Gasteiger partial charge in [-0.2, -0.15) is 0 Å². The Kier molecular flexibility index (Phi) is 3.29. The van der Waals surface area contributed by atoms with Crippen molar-refractivity contribution in [2.24, 2.45) is 0 Å². The van der Waals surface area contributed by atoms with Crippen LogP contribution in [0.25, 0.3) is 16.9 Å². The number of fused-ring (bicyclic) bond motifs is 1. The zero-order valence-electron chi connectivity index (χ0n) is 10.3. The molecule has 3 nitrogen and oxygen atoms in total. The van der Waals surface area contributed by atoms with E-state index in [9.17, 15) is 0 Å². The standard InChI is InChI=1S/C14H11BrClN3/c1-9-6-7-17-14-13(9)18-12(8-16)19(14)11-5-3-2-4-10(11)15/h2-7H,8H2,1H3. The molecular weight excluding hydrogens is 326 g/mol. The number of rotatable bonds is 2. The van der Waals surface area contributed by atoms with E-state index >= 15 is 0 Å². The maximum absolute atomic E-state index is 6.03. The second kappa shape index (κ2) is 4.94. The van der Waals surface area contributed by atoms with Crippen molar-refractivity contribution in [1.82, 2.24) is 14.5 Å². The van der Waals surface area contributed by atoms with E-state index < -0.39 is 0 Å². The minimum atomic E-state index is 0.344. The maximum atomic E-state index is 6.03. The van der Waals surface area contributed by atoms with E-state index in [0.29, 0.717) is 5.88 Å². The van der Waals surface area contributed by atoms with Gasteiger partial charge in [-0.15, -0.1) is 11.6 Å². The molecule has 2 aromatic heterocycles. The minimum absolute atomic E-state index is 0.344. The Bertz CT molecular complexity index is 752. The summed E-state index contributed by atoms with van der Waals surface area (Å²) in [6.07, 6.45) is 1.80. The van der Waals surface area contributed by atoms with Crippen LogP contribution in [0.2, 0.25) is 0 Å². The number of benzene rings is 1. The Balaban J connectivity index is 2.40. The summed E-state index contributed by atoms with van der Waals surface area (Å²) in [4.78, 5) is 9.04. The summed E-state index contributed by atoms with van der Waals surface area (Å²) >= 11 is 9.60. The number of halogens is 2. The van der Waals surface area contributed by atoms with Crippen molar-refractivity contribution in [1.29, 1.82) is 0 Å². The van der Waals surface area contributed by atoms with Crippen molar-refractivity contribution < 1.29 is 0 Å². The number of aryl methyl sites for hydroxylation is 1. The zero-order chi connectivity index (χ0) is 13.4. The first-order chi connectivity index (χ1) is 9.22. The minimum Gasteiger partial charge on any atom is -0.279 e. The Morgan fingerprint density at radius 2 is 2.05 bits per heavy atom. The van der Waals surface area contributed by atoms with E-state index in [0.717, 1.165) is 32.7 Å². The summed E-state index contributed by atoms with van der Waals surface area (Å²) in [5.41, 5.74) is 3.83. The fraction of sp³-hybridized carbons (Fsp3) is 0.143. The summed E-state index contributed by atoms with van der Waals surface area (Å²) in [5.74, 6) is 1.14. The first-order valence-electron chi connectivity index (χ1n) is 5.86. The molecule has 0 bridgehead atoms. The van der Waals surface area contributed by atoms with Crippen LogP contribution in [-0.2, 0) is 5.88 Å². The molecule has 0 aliphatic rings. The number of nitrogens with zero attached hydrogens (tertiary/aromatic N) is 3. The molecule has 0 aliphatic heterocycles. The molecule has 0 saturated heterocycles. The highest BCUT2D eigenvalue weighted by Crippen LogP contribution is 2.27. The SMILES string of the molecule is Cc1ccnc2c1nc(CCl)n2-c1ccccc1Br. The Labute approximate surface area is 124 Å². The lowest BCUT2D eigenvalue weighted by molar-refractivity contribution is 0.965. The molecule has 5 heteroatoms. The Morgan fingerprint density at radius 3 is 2.79 bits per heavy atom. The summed E-state index contributed by atoms with van der Waals surface area (Å²) in [6, 6.07) is 9.93. The predicted molar refractivity (Wildman–Crippen MR) is 80.9 cm³/mol. The summed E-state index contributed by atoms with van der Waals surface area (Å²) in [5, 5.41) is 0. The van der Waals surface area contributed by atoms with Crippen LogP contribution in [0.1, 0.15) is 11.4 Å². The number of aromatic nitrogens is 3. The first kappa shape index (κ1) is 12.6. The molecule has 1 aromatic carbocycles. The van der Waals surface area contributed by atoms with Crippen molar-refractivity contribution in [2.75, 3.05) is 0 Å². The quantitative estimate of drug-likeness (QED) is 0.656. The summed E-state index contributed by atoms with van der Waals surface area (Å²) < 4.78 is 2.99. The van der Waals surface area contributed by atoms with Gasteiger partial charge in [-0.3, -0.25) is 4.57 Å². The van der Waals surface area contributed by atoms with Gasteiger partial charge in [0.2, 0.25) is 0 Å². The molecule has 0 radical (unpaired) electrons. The molecule has 0 N–H and O–H groups in total. The van der Waals surface area contributed by atoms with E-state index in [1.165, 1.54) is 0 Å². The van der Waals surface area contributed by atoms with Crippen molar-refractivity contribution in [3.63, 3.8) is 0 Å². The molecule has 2 heterocycles. The largest absolute Gasteiger partial charge is 0.279 e. The van der Waals surface area contributed by atoms with Crippen LogP contribution in [-0.4, -0.2) is 14.5 Å². The zero-order valence-corrected chi connectivity index (χ0v) is 12.6. The smallest absolute Gasteiger partial charge is 0.165 e. The van der Waals surface area contributed by atoms with Crippen molar-refractivity contribution in [2.45, 2.75) is 12.8 Å². The van der Waals surface area contributed by atoms with Gasteiger partial charge >= 0.3 is 0 Å². The van der Waals surface area contributed by atoms with Gasteiger partial charge in [0.25, 0.3) is 0 Å². The highest BCUT2D eigenvalue weighted by atomic mass is 79.9. The molecule has 0 amide bonds. The van der Waals surface area contributed by atoms with Crippen LogP contribution < -0.4 is 0 Å². The average molecular weight is 337 g/mol. The van der Waals surface area contributed by atoms with Gasteiger partial charge < -0.3 is 0 Å². The van der Waals surface area contributed by atoms with E-state index in [2.05, 4.69) is 25.9 Å². The molecule has 3 aromatic rings. The number of hydrogen-bond acceptors (Lipinski definition) is 2. The molecule has 0 unspecified atom stereocenters. The third-order valence-corrected chi connectivity index (χ3v) is 3.94. The number of imidazole rings is 1. The third kappa shape index (κ3) is 2.05. The molecule has 3 rings (SSSR count). The molecule has 19 heavy (non-hydrogen) atoms. The van der Waals surface area contributed by atoms with Crippen molar-refractivity contribution in [3.8, 4) is 5.69 Å². The van der Waals surface area contributed by atoms with Crippen LogP contribution >= 0.6 is 27.5 Å². The van der Waals surface area contributed by atoms with Gasteiger partial charge in [0, 0.05) is 10.7 Å². The van der Waals surface area contributed by atoms with Crippen LogP contribution in [0.3, 0.4) is 0 Å². The van der Waals surface area contributed by atoms with E-state index in [1.54, 1.807) is 6.20 Å². The fourth-order valence-corrected chi connectivity index (χ4v) is 2.76. The average Bonchev–Trinajstić information content (AvgIpc) is 2.79. The second-order valence-corrected chi connectivity index (χ2v) is 5.37. The molecule has 96 valence electrons. The number of pyridine rings is 1. The Morgan fingerprint density at radius 1 is 1.26 bits per heavy atom. The molecule has 0 saturated carbocycles. The van der Waals surface area contributed by atoms with E-state index in [1.807, 2.05) is 41.8 Å². The normalized spacial score (nSPS) is 11.1. The molecular formula is C14H11BrClN3. The van der Waals surface area contributed by atoms with Gasteiger partial charge in [0.15, 0.2) is 5.65 Å². The third-order valence-electron chi connectivity index (χ3n) is 3.03. The predicted octanol–water partition coefficient (Wildman–Crippen LogP) is 4.23. The van der Waals surface area contributed by atoms with E-state index in [-0.39, 0.29) is 0 Å². The van der Waals surface area contributed by atoms with Crippen LogP contribution in [0, 0.1) is 6.92 Å². The van der Waals surface area contributed by atoms with E-state index in [4.69, 9.17) is 11.6 Å². The van der Waals surface area contributed by atoms with Gasteiger partial charge in [-0.05, 0) is 46.6 Å². The van der Waals surface area contributed by atoms with Gasteiger partial charge in [0.05, 0.1) is 11.6 Å². The monoisotopic (exact) mass is 335 g/mol. The highest BCUT2D eigenvalue weighted by Gasteiger charge is 2.15. The molecule has 0 spiro atoms. The molecule has 0 fully saturated rings. The van der Waals surface area contributed by atoms with Crippen LogP contribution in [0.5, 0.6) is 0 Å². The topological polar surface area (TPSA) is 30.7 Å². The Hall–Kier alpha value is -1.39. The lowest BCUT2D eigenvalue weighted by Gasteiger charge is -2.09. The first-order valence-corrected chi connectivity index (χ1v) is 7.19. The fourth-order valence-electron chi connectivity index (χ4n) is 2.12.